The fraction of sp³-hybridized carbons (Fsp3) is 0.409. The second-order valence-corrected chi connectivity index (χ2v) is 7.58. The Kier molecular flexibility index (Phi) is 3.82. The van der Waals surface area contributed by atoms with E-state index in [9.17, 15) is 0 Å². The summed E-state index contributed by atoms with van der Waals surface area (Å²) in [6.45, 7) is 9.12. The molecule has 0 bridgehead atoms. The molecule has 0 N–H and O–H groups in total. The van der Waals surface area contributed by atoms with Crippen molar-refractivity contribution < 1.29 is 9.47 Å². The lowest BCUT2D eigenvalue weighted by Crippen LogP contribution is -2.25. The number of fused-ring (bicyclic) bond motifs is 3. The van der Waals surface area contributed by atoms with Crippen LogP contribution in [0.5, 0.6) is 11.5 Å². The molecule has 0 spiro atoms. The highest BCUT2D eigenvalue weighted by Gasteiger charge is 2.38. The van der Waals surface area contributed by atoms with Gasteiger partial charge in [0.25, 0.3) is 0 Å². The zero-order chi connectivity index (χ0) is 17.6. The number of hydrogen-bond donors (Lipinski definition) is 0. The van der Waals surface area contributed by atoms with E-state index in [0.29, 0.717) is 6.61 Å². The zero-order valence-corrected chi connectivity index (χ0v) is 15.4. The highest BCUT2D eigenvalue weighted by atomic mass is 16.5. The van der Waals surface area contributed by atoms with E-state index in [1.54, 1.807) is 0 Å². The Morgan fingerprint density at radius 3 is 2.72 bits per heavy atom. The van der Waals surface area contributed by atoms with Crippen molar-refractivity contribution in [3.05, 3.63) is 58.7 Å². The van der Waals surface area contributed by atoms with Crippen molar-refractivity contribution in [3.63, 3.8) is 0 Å². The number of benzene rings is 2. The van der Waals surface area contributed by atoms with Gasteiger partial charge in [-0.15, -0.1) is 0 Å². The zero-order valence-electron chi connectivity index (χ0n) is 15.4. The van der Waals surface area contributed by atoms with Crippen molar-refractivity contribution in [2.24, 2.45) is 4.99 Å². The van der Waals surface area contributed by atoms with Gasteiger partial charge in [0.05, 0.1) is 18.4 Å². The summed E-state index contributed by atoms with van der Waals surface area (Å²) in [6, 6.07) is 12.9. The molecule has 0 aliphatic carbocycles. The van der Waals surface area contributed by atoms with E-state index >= 15 is 0 Å². The van der Waals surface area contributed by atoms with Gasteiger partial charge in [-0.05, 0) is 45.7 Å². The van der Waals surface area contributed by atoms with Gasteiger partial charge in [-0.3, -0.25) is 4.99 Å². The van der Waals surface area contributed by atoms with Crippen LogP contribution in [0.15, 0.2) is 41.4 Å². The number of ether oxygens (including phenoxy) is 2. The van der Waals surface area contributed by atoms with Gasteiger partial charge in [0, 0.05) is 23.1 Å². The van der Waals surface area contributed by atoms with Gasteiger partial charge in [-0.25, -0.2) is 0 Å². The van der Waals surface area contributed by atoms with Crippen LogP contribution >= 0.6 is 0 Å². The van der Waals surface area contributed by atoms with E-state index in [1.807, 2.05) is 13.0 Å². The summed E-state index contributed by atoms with van der Waals surface area (Å²) < 4.78 is 12.2. The summed E-state index contributed by atoms with van der Waals surface area (Å²) in [5, 5.41) is 0. The van der Waals surface area contributed by atoms with Gasteiger partial charge >= 0.3 is 0 Å². The van der Waals surface area contributed by atoms with Gasteiger partial charge in [0.1, 0.15) is 5.60 Å². The van der Waals surface area contributed by atoms with Crippen LogP contribution < -0.4 is 9.47 Å². The minimum atomic E-state index is -0.214. The van der Waals surface area contributed by atoms with Crippen molar-refractivity contribution >= 4 is 5.71 Å². The molecule has 3 nitrogen and oxygen atoms in total. The van der Waals surface area contributed by atoms with Crippen molar-refractivity contribution in [1.29, 1.82) is 0 Å². The molecule has 1 atom stereocenters. The molecule has 0 saturated heterocycles. The first-order valence-electron chi connectivity index (χ1n) is 9.12. The van der Waals surface area contributed by atoms with E-state index in [2.05, 4.69) is 51.1 Å². The Hall–Kier alpha value is -2.29. The predicted octanol–water partition coefficient (Wildman–Crippen LogP) is 4.58. The van der Waals surface area contributed by atoms with Crippen LogP contribution in [-0.2, 0) is 12.8 Å². The minimum absolute atomic E-state index is 0.214. The second kappa shape index (κ2) is 5.91. The topological polar surface area (TPSA) is 30.8 Å². The molecule has 0 amide bonds. The van der Waals surface area contributed by atoms with Crippen molar-refractivity contribution in [2.45, 2.75) is 52.2 Å². The van der Waals surface area contributed by atoms with Gasteiger partial charge in [-0.1, -0.05) is 30.3 Å². The van der Waals surface area contributed by atoms with Gasteiger partial charge in [0.2, 0.25) is 0 Å². The third kappa shape index (κ3) is 2.82. The third-order valence-electron chi connectivity index (χ3n) is 4.86. The van der Waals surface area contributed by atoms with Crippen molar-refractivity contribution in [1.82, 2.24) is 0 Å². The molecule has 0 aromatic heterocycles. The second-order valence-electron chi connectivity index (χ2n) is 7.58. The Morgan fingerprint density at radius 2 is 2.00 bits per heavy atom. The normalized spacial score (nSPS) is 20.3. The molecular formula is C22H25NO2. The SMILES string of the molecule is CCOc1cc2c(c3c1OC(C)(C)C3)C(c1ccccc1)=NC(C)C2. The molecule has 0 fully saturated rings. The van der Waals surface area contributed by atoms with E-state index in [4.69, 9.17) is 14.5 Å². The summed E-state index contributed by atoms with van der Waals surface area (Å²) in [5.74, 6) is 1.78. The Labute approximate surface area is 149 Å². The lowest BCUT2D eigenvalue weighted by atomic mass is 9.84. The predicted molar refractivity (Wildman–Crippen MR) is 101 cm³/mol. The van der Waals surface area contributed by atoms with Crippen LogP contribution in [0.2, 0.25) is 0 Å². The number of aliphatic imine (C=N–C) groups is 1. The molecule has 1 unspecified atom stereocenters. The largest absolute Gasteiger partial charge is 0.490 e. The Balaban J connectivity index is 1.94. The van der Waals surface area contributed by atoms with Crippen LogP contribution in [0, 0.1) is 0 Å². The average Bonchev–Trinajstić information content (AvgIpc) is 2.90. The number of nitrogens with zero attached hydrogens (tertiary/aromatic N) is 1. The fourth-order valence-corrected chi connectivity index (χ4v) is 3.95. The highest BCUT2D eigenvalue weighted by molar-refractivity contribution is 6.15. The van der Waals surface area contributed by atoms with E-state index in [-0.39, 0.29) is 11.6 Å². The minimum Gasteiger partial charge on any atom is -0.490 e. The first kappa shape index (κ1) is 16.2. The average molecular weight is 335 g/mol. The molecule has 2 aromatic rings. The quantitative estimate of drug-likeness (QED) is 0.822. The summed E-state index contributed by atoms with van der Waals surface area (Å²) in [7, 11) is 0. The third-order valence-corrected chi connectivity index (χ3v) is 4.86. The van der Waals surface area contributed by atoms with E-state index < -0.39 is 0 Å². The summed E-state index contributed by atoms with van der Waals surface area (Å²) >= 11 is 0. The van der Waals surface area contributed by atoms with Crippen LogP contribution in [0.4, 0.5) is 0 Å². The molecule has 0 radical (unpaired) electrons. The molecule has 2 heterocycles. The standard InChI is InChI=1S/C22H25NO2/c1-5-24-18-12-16-11-14(2)23-20(15-9-7-6-8-10-15)19(16)17-13-22(3,4)25-21(17)18/h6-10,12,14H,5,11,13H2,1-4H3. The molecule has 25 heavy (non-hydrogen) atoms. The van der Waals surface area contributed by atoms with E-state index in [1.165, 1.54) is 22.3 Å². The van der Waals surface area contributed by atoms with E-state index in [0.717, 1.165) is 30.1 Å². The fourth-order valence-electron chi connectivity index (χ4n) is 3.95. The Bertz CT molecular complexity index is 837. The van der Waals surface area contributed by atoms with Gasteiger partial charge in [-0.2, -0.15) is 0 Å². The highest BCUT2D eigenvalue weighted by Crippen LogP contribution is 2.47. The molecule has 4 rings (SSSR count). The molecule has 2 aliphatic heterocycles. The van der Waals surface area contributed by atoms with Crippen LogP contribution in [0.3, 0.4) is 0 Å². The van der Waals surface area contributed by atoms with Crippen LogP contribution in [-0.4, -0.2) is 24.0 Å². The number of hydrogen-bond acceptors (Lipinski definition) is 3. The monoisotopic (exact) mass is 335 g/mol. The molecule has 2 aromatic carbocycles. The first-order chi connectivity index (χ1) is 12.0. The summed E-state index contributed by atoms with van der Waals surface area (Å²) in [6.07, 6.45) is 1.82. The first-order valence-corrected chi connectivity index (χ1v) is 9.12. The maximum atomic E-state index is 6.28. The lowest BCUT2D eigenvalue weighted by Gasteiger charge is -2.25. The summed E-state index contributed by atoms with van der Waals surface area (Å²) in [4.78, 5) is 5.02. The molecular weight excluding hydrogens is 310 g/mol. The van der Waals surface area contributed by atoms with Gasteiger partial charge < -0.3 is 9.47 Å². The molecule has 0 saturated carbocycles. The van der Waals surface area contributed by atoms with Crippen molar-refractivity contribution in [3.8, 4) is 11.5 Å². The smallest absolute Gasteiger partial charge is 0.166 e. The molecule has 3 heteroatoms. The van der Waals surface area contributed by atoms with Crippen molar-refractivity contribution in [2.75, 3.05) is 6.61 Å². The lowest BCUT2D eigenvalue weighted by molar-refractivity contribution is 0.132. The number of rotatable bonds is 3. The molecule has 130 valence electrons. The maximum absolute atomic E-state index is 6.28. The Morgan fingerprint density at radius 1 is 1.24 bits per heavy atom. The van der Waals surface area contributed by atoms with Crippen LogP contribution in [0.1, 0.15) is 49.9 Å². The maximum Gasteiger partial charge on any atom is 0.166 e. The van der Waals surface area contributed by atoms with Crippen LogP contribution in [0.25, 0.3) is 0 Å². The molecule has 2 aliphatic rings. The summed E-state index contributed by atoms with van der Waals surface area (Å²) in [5.41, 5.74) is 5.88. The van der Waals surface area contributed by atoms with Gasteiger partial charge in [0.15, 0.2) is 11.5 Å².